The van der Waals surface area contributed by atoms with E-state index in [4.69, 9.17) is 27.9 Å². The minimum absolute atomic E-state index is 0.237. The second-order valence-corrected chi connectivity index (χ2v) is 9.55. The van der Waals surface area contributed by atoms with Crippen molar-refractivity contribution in [1.82, 2.24) is 4.31 Å². The molecule has 1 aromatic carbocycles. The van der Waals surface area contributed by atoms with Crippen molar-refractivity contribution in [2.75, 3.05) is 19.7 Å². The molecule has 0 aliphatic carbocycles. The topological polar surface area (TPSA) is 46.6 Å². The second kappa shape index (κ2) is 6.70. The average molecular weight is 392 g/mol. The first-order valence-electron chi connectivity index (χ1n) is 7.01. The molecule has 4 nitrogen and oxygen atoms in total. The Balaban J connectivity index is 1.86. The van der Waals surface area contributed by atoms with Gasteiger partial charge in [-0.25, -0.2) is 8.42 Å². The number of aryl methyl sites for hydroxylation is 1. The summed E-state index contributed by atoms with van der Waals surface area (Å²) in [5.41, 5.74) is 0.748. The molecule has 1 aromatic heterocycles. The van der Waals surface area contributed by atoms with Crippen LogP contribution in [0.3, 0.4) is 0 Å². The lowest BCUT2D eigenvalue weighted by Crippen LogP contribution is -2.42. The van der Waals surface area contributed by atoms with Gasteiger partial charge in [-0.05, 0) is 31.2 Å². The summed E-state index contributed by atoms with van der Waals surface area (Å²) in [6, 6.07) is 8.60. The van der Waals surface area contributed by atoms with Gasteiger partial charge in [0.2, 0.25) is 0 Å². The van der Waals surface area contributed by atoms with E-state index in [1.807, 2.05) is 13.0 Å². The van der Waals surface area contributed by atoms with E-state index in [2.05, 4.69) is 0 Å². The number of halogens is 2. The quantitative estimate of drug-likeness (QED) is 0.789. The first-order chi connectivity index (χ1) is 10.9. The number of ether oxygens (including phenoxy) is 1. The number of morpholine rings is 1. The average Bonchev–Trinajstić information content (AvgIpc) is 2.95. The van der Waals surface area contributed by atoms with Crippen molar-refractivity contribution >= 4 is 44.6 Å². The van der Waals surface area contributed by atoms with Crippen molar-refractivity contribution in [2.24, 2.45) is 0 Å². The van der Waals surface area contributed by atoms with Crippen LogP contribution in [0, 0.1) is 6.92 Å². The van der Waals surface area contributed by atoms with Crippen LogP contribution in [-0.2, 0) is 14.8 Å². The summed E-state index contributed by atoms with van der Waals surface area (Å²) in [5, 5.41) is 1.02. The Kier molecular flexibility index (Phi) is 5.01. The van der Waals surface area contributed by atoms with Crippen molar-refractivity contribution in [3.63, 3.8) is 0 Å². The zero-order chi connectivity index (χ0) is 16.6. The van der Waals surface area contributed by atoms with Gasteiger partial charge in [-0.1, -0.05) is 29.3 Å². The van der Waals surface area contributed by atoms with Gasteiger partial charge in [0, 0.05) is 33.6 Å². The van der Waals surface area contributed by atoms with E-state index in [9.17, 15) is 8.42 Å². The molecule has 0 amide bonds. The van der Waals surface area contributed by atoms with Crippen LogP contribution < -0.4 is 0 Å². The predicted octanol–water partition coefficient (Wildman–Crippen LogP) is 4.13. The summed E-state index contributed by atoms with van der Waals surface area (Å²) in [6.45, 7) is 2.79. The fourth-order valence-electron chi connectivity index (χ4n) is 2.47. The maximum Gasteiger partial charge on any atom is 0.252 e. The third-order valence-corrected chi connectivity index (χ3v) is 7.54. The standard InChI is InChI=1S/C15H15Cl2NO3S2/c1-10-2-5-15(22-10)23(19,20)18-6-7-21-14(9-18)12-4-3-11(16)8-13(12)17/h2-5,8,14H,6-7,9H2,1H3. The lowest BCUT2D eigenvalue weighted by molar-refractivity contribution is -0.00244. The van der Waals surface area contributed by atoms with E-state index < -0.39 is 16.1 Å². The van der Waals surface area contributed by atoms with E-state index in [0.717, 1.165) is 10.4 Å². The van der Waals surface area contributed by atoms with Gasteiger partial charge in [0.1, 0.15) is 4.21 Å². The van der Waals surface area contributed by atoms with Crippen LogP contribution >= 0.6 is 34.5 Å². The molecular formula is C15H15Cl2NO3S2. The van der Waals surface area contributed by atoms with Crippen LogP contribution in [0.1, 0.15) is 16.5 Å². The zero-order valence-corrected chi connectivity index (χ0v) is 15.5. The highest BCUT2D eigenvalue weighted by atomic mass is 35.5. The number of hydrogen-bond donors (Lipinski definition) is 0. The summed E-state index contributed by atoms with van der Waals surface area (Å²) in [5.74, 6) is 0. The Morgan fingerprint density at radius 2 is 2.04 bits per heavy atom. The van der Waals surface area contributed by atoms with E-state index >= 15 is 0 Å². The van der Waals surface area contributed by atoms with Gasteiger partial charge >= 0.3 is 0 Å². The smallest absolute Gasteiger partial charge is 0.252 e. The van der Waals surface area contributed by atoms with Gasteiger partial charge in [0.25, 0.3) is 10.0 Å². The largest absolute Gasteiger partial charge is 0.371 e. The summed E-state index contributed by atoms with van der Waals surface area (Å²) < 4.78 is 33.0. The van der Waals surface area contributed by atoms with E-state index in [0.29, 0.717) is 27.4 Å². The van der Waals surface area contributed by atoms with Crippen LogP contribution in [0.4, 0.5) is 0 Å². The Labute approximate surface area is 149 Å². The highest BCUT2D eigenvalue weighted by Crippen LogP contribution is 2.33. The fraction of sp³-hybridized carbons (Fsp3) is 0.333. The minimum Gasteiger partial charge on any atom is -0.371 e. The van der Waals surface area contributed by atoms with Crippen molar-refractivity contribution in [3.8, 4) is 0 Å². The lowest BCUT2D eigenvalue weighted by atomic mass is 10.1. The molecule has 124 valence electrons. The SMILES string of the molecule is Cc1ccc(S(=O)(=O)N2CCOC(c3ccc(Cl)cc3Cl)C2)s1. The number of thiophene rings is 1. The summed E-state index contributed by atoms with van der Waals surface area (Å²) in [4.78, 5) is 0.967. The molecule has 8 heteroatoms. The molecule has 1 aliphatic heterocycles. The summed E-state index contributed by atoms with van der Waals surface area (Å²) in [6.07, 6.45) is -0.399. The number of benzene rings is 1. The number of nitrogens with zero attached hydrogens (tertiary/aromatic N) is 1. The van der Waals surface area contributed by atoms with Crippen molar-refractivity contribution in [2.45, 2.75) is 17.2 Å². The summed E-state index contributed by atoms with van der Waals surface area (Å²) >= 11 is 13.4. The highest BCUT2D eigenvalue weighted by molar-refractivity contribution is 7.91. The third-order valence-electron chi connectivity index (χ3n) is 3.65. The maximum absolute atomic E-state index is 12.7. The van der Waals surface area contributed by atoms with E-state index in [-0.39, 0.29) is 6.54 Å². The molecule has 3 rings (SSSR count). The highest BCUT2D eigenvalue weighted by Gasteiger charge is 2.33. The van der Waals surface area contributed by atoms with Crippen LogP contribution in [-0.4, -0.2) is 32.4 Å². The molecule has 1 atom stereocenters. The number of rotatable bonds is 3. The first-order valence-corrected chi connectivity index (χ1v) is 10.0. The van der Waals surface area contributed by atoms with Crippen molar-refractivity contribution in [1.29, 1.82) is 0 Å². The minimum atomic E-state index is -3.50. The van der Waals surface area contributed by atoms with Gasteiger partial charge in [-0.15, -0.1) is 11.3 Å². The van der Waals surface area contributed by atoms with Gasteiger partial charge in [0.05, 0.1) is 12.7 Å². The molecular weight excluding hydrogens is 377 g/mol. The van der Waals surface area contributed by atoms with Gasteiger partial charge < -0.3 is 4.74 Å². The Morgan fingerprint density at radius 1 is 1.26 bits per heavy atom. The molecule has 2 aromatic rings. The molecule has 0 radical (unpaired) electrons. The zero-order valence-electron chi connectivity index (χ0n) is 12.3. The molecule has 0 N–H and O–H groups in total. The molecule has 1 aliphatic rings. The van der Waals surface area contributed by atoms with Crippen LogP contribution in [0.25, 0.3) is 0 Å². The Morgan fingerprint density at radius 3 is 2.70 bits per heavy atom. The van der Waals surface area contributed by atoms with Crippen molar-refractivity contribution < 1.29 is 13.2 Å². The van der Waals surface area contributed by atoms with Gasteiger partial charge in [-0.3, -0.25) is 0 Å². The number of hydrogen-bond acceptors (Lipinski definition) is 4. The maximum atomic E-state index is 12.7. The fourth-order valence-corrected chi connectivity index (χ4v) is 5.87. The molecule has 1 unspecified atom stereocenters. The first kappa shape index (κ1) is 17.2. The van der Waals surface area contributed by atoms with Crippen molar-refractivity contribution in [3.05, 3.63) is 50.8 Å². The van der Waals surface area contributed by atoms with Crippen LogP contribution in [0.2, 0.25) is 10.0 Å². The van der Waals surface area contributed by atoms with Gasteiger partial charge in [-0.2, -0.15) is 4.31 Å². The second-order valence-electron chi connectivity index (χ2n) is 5.25. The molecule has 0 bridgehead atoms. The predicted molar refractivity (Wildman–Crippen MR) is 93.0 cm³/mol. The third kappa shape index (κ3) is 3.57. The van der Waals surface area contributed by atoms with Gasteiger partial charge in [0.15, 0.2) is 0 Å². The molecule has 0 saturated carbocycles. The lowest BCUT2D eigenvalue weighted by Gasteiger charge is -2.32. The normalized spacial score (nSPS) is 19.9. The van der Waals surface area contributed by atoms with Crippen LogP contribution in [0.5, 0.6) is 0 Å². The molecule has 0 spiro atoms. The molecule has 1 fully saturated rings. The van der Waals surface area contributed by atoms with Crippen LogP contribution in [0.15, 0.2) is 34.5 Å². The number of sulfonamides is 1. The summed E-state index contributed by atoms with van der Waals surface area (Å²) in [7, 11) is -3.50. The molecule has 1 saturated heterocycles. The Bertz CT molecular complexity index is 820. The Hall–Kier alpha value is -0.630. The molecule has 23 heavy (non-hydrogen) atoms. The van der Waals surface area contributed by atoms with E-state index in [1.54, 1.807) is 24.3 Å². The molecule has 2 heterocycles. The monoisotopic (exact) mass is 391 g/mol. The van der Waals surface area contributed by atoms with E-state index in [1.165, 1.54) is 15.6 Å².